The molecule has 1 aromatic heterocycles. The van der Waals surface area contributed by atoms with Gasteiger partial charge in [0.25, 0.3) is 0 Å². The highest BCUT2D eigenvalue weighted by Crippen LogP contribution is 2.41. The Morgan fingerprint density at radius 2 is 2.06 bits per heavy atom. The zero-order chi connectivity index (χ0) is 22.1. The maximum atomic E-state index is 13.4. The van der Waals surface area contributed by atoms with Crippen molar-refractivity contribution in [3.8, 4) is 0 Å². The summed E-state index contributed by atoms with van der Waals surface area (Å²) in [4.78, 5) is 20.5. The van der Waals surface area contributed by atoms with E-state index in [-0.39, 0.29) is 17.7 Å². The third kappa shape index (κ3) is 3.89. The van der Waals surface area contributed by atoms with E-state index >= 15 is 0 Å². The summed E-state index contributed by atoms with van der Waals surface area (Å²) >= 11 is 0. The van der Waals surface area contributed by atoms with Crippen LogP contribution in [-0.4, -0.2) is 42.2 Å². The van der Waals surface area contributed by atoms with E-state index in [1.165, 1.54) is 16.8 Å². The Hall–Kier alpha value is -3.18. The molecule has 3 aliphatic rings. The number of aryl methyl sites for hydroxylation is 1. The largest absolute Gasteiger partial charge is 0.326 e. The van der Waals surface area contributed by atoms with Crippen LogP contribution in [0.3, 0.4) is 0 Å². The average Bonchev–Trinajstić information content (AvgIpc) is 3.15. The summed E-state index contributed by atoms with van der Waals surface area (Å²) < 4.78 is 2.28. The first kappa shape index (κ1) is 20.7. The molecule has 2 unspecified atom stereocenters. The molecule has 0 spiro atoms. The Kier molecular flexibility index (Phi) is 5.66. The molecule has 5 heteroatoms. The van der Waals surface area contributed by atoms with Crippen LogP contribution < -0.4 is 5.32 Å². The Morgan fingerprint density at radius 1 is 1.22 bits per heavy atom. The third-order valence-electron chi connectivity index (χ3n) is 6.60. The summed E-state index contributed by atoms with van der Waals surface area (Å²) in [5, 5.41) is 3.11. The van der Waals surface area contributed by atoms with Crippen LogP contribution in [0.5, 0.6) is 0 Å². The van der Waals surface area contributed by atoms with Crippen LogP contribution in [-0.2, 0) is 11.2 Å². The Balaban J connectivity index is 1.50. The van der Waals surface area contributed by atoms with Gasteiger partial charge in [0, 0.05) is 29.6 Å². The molecule has 2 atom stereocenters. The molecule has 5 rings (SSSR count). The second kappa shape index (κ2) is 8.75. The molecular weight excluding hydrogens is 396 g/mol. The monoisotopic (exact) mass is 426 g/mol. The lowest BCUT2D eigenvalue weighted by molar-refractivity contribution is -0.119. The van der Waals surface area contributed by atoms with E-state index in [0.717, 1.165) is 49.3 Å². The third-order valence-corrected chi connectivity index (χ3v) is 6.60. The lowest BCUT2D eigenvalue weighted by Crippen LogP contribution is -2.32. The van der Waals surface area contributed by atoms with Crippen LogP contribution in [0, 0.1) is 11.8 Å². The molecular formula is C27H30N4O. The Bertz CT molecular complexity index is 1130. The van der Waals surface area contributed by atoms with Crippen molar-refractivity contribution in [1.82, 2.24) is 9.47 Å². The van der Waals surface area contributed by atoms with Crippen molar-refractivity contribution >= 4 is 29.1 Å². The van der Waals surface area contributed by atoms with Gasteiger partial charge in [0.05, 0.1) is 23.0 Å². The quantitative estimate of drug-likeness (QED) is 0.718. The number of benzene rings is 1. The van der Waals surface area contributed by atoms with Gasteiger partial charge in [-0.05, 0) is 76.2 Å². The normalized spacial score (nSPS) is 21.2. The first-order valence-electron chi connectivity index (χ1n) is 11.5. The molecule has 0 fully saturated rings. The van der Waals surface area contributed by atoms with E-state index in [4.69, 9.17) is 4.99 Å². The molecule has 5 nitrogen and oxygen atoms in total. The van der Waals surface area contributed by atoms with E-state index in [1.54, 1.807) is 0 Å². The van der Waals surface area contributed by atoms with Crippen molar-refractivity contribution < 1.29 is 4.79 Å². The summed E-state index contributed by atoms with van der Waals surface area (Å²) in [6, 6.07) is 11.9. The summed E-state index contributed by atoms with van der Waals surface area (Å²) in [6.07, 6.45) is 14.7. The Labute approximate surface area is 189 Å². The number of para-hydroxylation sites is 1. The molecule has 0 radical (unpaired) electrons. The lowest BCUT2D eigenvalue weighted by atomic mass is 9.80. The number of rotatable bonds is 6. The van der Waals surface area contributed by atoms with E-state index in [9.17, 15) is 4.79 Å². The molecule has 164 valence electrons. The van der Waals surface area contributed by atoms with Gasteiger partial charge in [0.1, 0.15) is 0 Å². The second-order valence-corrected chi connectivity index (χ2v) is 9.08. The zero-order valence-electron chi connectivity index (χ0n) is 18.8. The molecule has 1 aliphatic heterocycles. The number of carbonyl (C=O) groups is 1. The van der Waals surface area contributed by atoms with Gasteiger partial charge in [-0.3, -0.25) is 9.79 Å². The van der Waals surface area contributed by atoms with Crippen molar-refractivity contribution in [3.63, 3.8) is 0 Å². The Morgan fingerprint density at radius 3 is 2.88 bits per heavy atom. The minimum absolute atomic E-state index is 0.0294. The number of nitrogens with zero attached hydrogens (tertiary/aromatic N) is 3. The number of hydrogen-bond acceptors (Lipinski definition) is 3. The number of anilines is 1. The summed E-state index contributed by atoms with van der Waals surface area (Å²) in [7, 11) is 4.18. The minimum atomic E-state index is -0.248. The predicted octanol–water partition coefficient (Wildman–Crippen LogP) is 4.85. The van der Waals surface area contributed by atoms with Gasteiger partial charge in [-0.2, -0.15) is 0 Å². The van der Waals surface area contributed by atoms with Crippen molar-refractivity contribution in [2.75, 3.05) is 26.0 Å². The fourth-order valence-electron chi connectivity index (χ4n) is 5.03. The number of fused-ring (bicyclic) bond motifs is 1. The molecule has 2 aliphatic carbocycles. The van der Waals surface area contributed by atoms with Gasteiger partial charge in [0.15, 0.2) is 0 Å². The van der Waals surface area contributed by atoms with Gasteiger partial charge >= 0.3 is 0 Å². The van der Waals surface area contributed by atoms with E-state index in [2.05, 4.69) is 59.4 Å². The number of aliphatic imine (C=N–C) groups is 1. The lowest BCUT2D eigenvalue weighted by Gasteiger charge is -2.30. The van der Waals surface area contributed by atoms with E-state index in [1.807, 2.05) is 36.5 Å². The molecule has 0 bridgehead atoms. The summed E-state index contributed by atoms with van der Waals surface area (Å²) in [5.41, 5.74) is 6.78. The van der Waals surface area contributed by atoms with Crippen LogP contribution in [0.15, 0.2) is 71.5 Å². The molecule has 2 aromatic rings. The fraction of sp³-hybridized carbons (Fsp3) is 0.333. The van der Waals surface area contributed by atoms with Crippen LogP contribution in [0.1, 0.15) is 30.5 Å². The van der Waals surface area contributed by atoms with E-state index in [0.29, 0.717) is 0 Å². The number of hydrogen-bond donors (Lipinski definition) is 1. The number of amides is 1. The van der Waals surface area contributed by atoms with Crippen molar-refractivity contribution in [3.05, 3.63) is 77.8 Å². The van der Waals surface area contributed by atoms with Gasteiger partial charge in [0.2, 0.25) is 5.91 Å². The molecule has 2 heterocycles. The zero-order valence-corrected chi connectivity index (χ0v) is 18.8. The first-order valence-corrected chi connectivity index (χ1v) is 11.5. The van der Waals surface area contributed by atoms with E-state index < -0.39 is 0 Å². The van der Waals surface area contributed by atoms with Crippen molar-refractivity contribution in [2.24, 2.45) is 16.8 Å². The molecule has 1 aromatic carbocycles. The molecule has 1 N–H and O–H groups in total. The smallest absolute Gasteiger partial charge is 0.231 e. The number of aromatic nitrogens is 1. The van der Waals surface area contributed by atoms with Gasteiger partial charge in [-0.15, -0.1) is 0 Å². The highest BCUT2D eigenvalue weighted by atomic mass is 16.1. The first-order chi connectivity index (χ1) is 15.6. The SMILES string of the molecule is CN(C)CCCC1C2=C(C=CC1C(=O)Nc1ccccc1)n1ccc3c1C(=CCC3)C=N2. The van der Waals surface area contributed by atoms with Crippen LogP contribution in [0.2, 0.25) is 0 Å². The predicted molar refractivity (Wildman–Crippen MR) is 131 cm³/mol. The van der Waals surface area contributed by atoms with Gasteiger partial charge in [-0.1, -0.05) is 30.4 Å². The number of allylic oxidation sites excluding steroid dienone is 5. The summed E-state index contributed by atoms with van der Waals surface area (Å²) in [5.74, 6) is -0.182. The van der Waals surface area contributed by atoms with Crippen LogP contribution in [0.4, 0.5) is 5.69 Å². The average molecular weight is 427 g/mol. The highest BCUT2D eigenvalue weighted by Gasteiger charge is 2.35. The fourth-order valence-corrected chi connectivity index (χ4v) is 5.03. The molecule has 1 amide bonds. The maximum Gasteiger partial charge on any atom is 0.231 e. The number of carbonyl (C=O) groups excluding carboxylic acids is 1. The second-order valence-electron chi connectivity index (χ2n) is 9.08. The van der Waals surface area contributed by atoms with Crippen LogP contribution in [0.25, 0.3) is 11.3 Å². The maximum absolute atomic E-state index is 13.4. The van der Waals surface area contributed by atoms with Gasteiger partial charge < -0.3 is 14.8 Å². The molecule has 32 heavy (non-hydrogen) atoms. The topological polar surface area (TPSA) is 49.6 Å². The van der Waals surface area contributed by atoms with Gasteiger partial charge in [-0.25, -0.2) is 0 Å². The molecule has 0 saturated heterocycles. The highest BCUT2D eigenvalue weighted by molar-refractivity contribution is 6.12. The van der Waals surface area contributed by atoms with Crippen molar-refractivity contribution in [2.45, 2.75) is 25.7 Å². The standard InChI is InChI=1S/C27H30N4O/c1-30(2)16-7-12-22-23(27(32)29-21-10-4-3-5-11-21)13-14-24-25(22)28-18-20-9-6-8-19-15-17-31(24)26(19)20/h3-5,9-11,13-15,17-18,22-23H,6-8,12,16H2,1-2H3,(H,29,32). The van der Waals surface area contributed by atoms with Crippen molar-refractivity contribution in [1.29, 1.82) is 0 Å². The van der Waals surface area contributed by atoms with Crippen LogP contribution >= 0.6 is 0 Å². The minimum Gasteiger partial charge on any atom is -0.326 e. The molecule has 0 saturated carbocycles. The number of nitrogens with one attached hydrogen (secondary N) is 1. The summed E-state index contributed by atoms with van der Waals surface area (Å²) in [6.45, 7) is 0.990.